The van der Waals surface area contributed by atoms with Gasteiger partial charge in [-0.05, 0) is 36.1 Å². The average Bonchev–Trinajstić information content (AvgIpc) is 3.32. The molecule has 0 bridgehead atoms. The molecule has 4 rings (SSSR count). The Morgan fingerprint density at radius 2 is 2.04 bits per heavy atom. The minimum Gasteiger partial charge on any atom is -0.451 e. The van der Waals surface area contributed by atoms with Gasteiger partial charge < -0.3 is 9.73 Å². The first-order valence-electron chi connectivity index (χ1n) is 7.88. The van der Waals surface area contributed by atoms with Crippen LogP contribution in [-0.4, -0.2) is 16.7 Å². The van der Waals surface area contributed by atoms with E-state index in [-0.39, 0.29) is 29.3 Å². The number of pyridine rings is 1. The smallest absolute Gasteiger partial charge is 0.228 e. The molecule has 5 heteroatoms. The molecule has 1 amide bonds. The number of carbonyl (C=O) groups is 2. The van der Waals surface area contributed by atoms with Gasteiger partial charge in [-0.25, -0.2) is 0 Å². The third-order valence-electron chi connectivity index (χ3n) is 4.40. The zero-order chi connectivity index (χ0) is 16.7. The Morgan fingerprint density at radius 1 is 1.21 bits per heavy atom. The lowest BCUT2D eigenvalue weighted by Gasteiger charge is -2.05. The van der Waals surface area contributed by atoms with Gasteiger partial charge in [-0.3, -0.25) is 14.6 Å². The van der Waals surface area contributed by atoms with Gasteiger partial charge in [0.1, 0.15) is 5.58 Å². The van der Waals surface area contributed by atoms with E-state index in [4.69, 9.17) is 4.42 Å². The highest BCUT2D eigenvalue weighted by Gasteiger charge is 2.44. The summed E-state index contributed by atoms with van der Waals surface area (Å²) >= 11 is 0. The molecule has 0 unspecified atom stereocenters. The third kappa shape index (κ3) is 2.48. The predicted octanol–water partition coefficient (Wildman–Crippen LogP) is 3.77. The first kappa shape index (κ1) is 14.6. The summed E-state index contributed by atoms with van der Waals surface area (Å²) in [7, 11) is 0. The lowest BCUT2D eigenvalue weighted by molar-refractivity contribution is -0.117. The monoisotopic (exact) mass is 320 g/mol. The molecule has 2 atom stereocenters. The molecule has 120 valence electrons. The standard InChI is InChI=1S/C19H16N2O3/c1-11(22)18-17(13-6-2-3-7-16(13)24-18)21-19(23)15-9-14(15)12-5-4-8-20-10-12/h2-8,10,14-15H,9H2,1H3,(H,21,23)/t14-,15-/m0/s1. The number of hydrogen-bond donors (Lipinski definition) is 1. The van der Waals surface area contributed by atoms with Crippen LogP contribution < -0.4 is 5.32 Å². The number of benzene rings is 1. The number of furan rings is 1. The minimum absolute atomic E-state index is 0.0853. The van der Waals surface area contributed by atoms with Crippen molar-refractivity contribution in [2.75, 3.05) is 5.32 Å². The fraction of sp³-hybridized carbons (Fsp3) is 0.211. The zero-order valence-corrected chi connectivity index (χ0v) is 13.2. The SMILES string of the molecule is CC(=O)c1oc2ccccc2c1NC(=O)[C@H]1C[C@H]1c1cccnc1. The van der Waals surface area contributed by atoms with E-state index >= 15 is 0 Å². The van der Waals surface area contributed by atoms with Gasteiger partial charge in [-0.15, -0.1) is 0 Å². The van der Waals surface area contributed by atoms with Crippen molar-refractivity contribution in [2.45, 2.75) is 19.3 Å². The van der Waals surface area contributed by atoms with Gasteiger partial charge in [0.25, 0.3) is 0 Å². The van der Waals surface area contributed by atoms with Gasteiger partial charge in [-0.1, -0.05) is 18.2 Å². The van der Waals surface area contributed by atoms with E-state index in [0.29, 0.717) is 11.3 Å². The van der Waals surface area contributed by atoms with Crippen molar-refractivity contribution >= 4 is 28.3 Å². The predicted molar refractivity (Wildman–Crippen MR) is 89.9 cm³/mol. The number of nitrogens with zero attached hydrogens (tertiary/aromatic N) is 1. The fourth-order valence-corrected chi connectivity index (χ4v) is 3.08. The lowest BCUT2D eigenvalue weighted by Crippen LogP contribution is -2.16. The molecule has 1 aliphatic rings. The molecule has 0 radical (unpaired) electrons. The number of fused-ring (bicyclic) bond motifs is 1. The summed E-state index contributed by atoms with van der Waals surface area (Å²) < 4.78 is 5.60. The maximum Gasteiger partial charge on any atom is 0.228 e. The molecule has 1 aromatic carbocycles. The van der Waals surface area contributed by atoms with Crippen LogP contribution in [0.15, 0.2) is 53.2 Å². The van der Waals surface area contributed by atoms with E-state index < -0.39 is 0 Å². The highest BCUT2D eigenvalue weighted by molar-refractivity contribution is 6.11. The maximum atomic E-state index is 12.6. The molecule has 1 N–H and O–H groups in total. The van der Waals surface area contributed by atoms with E-state index in [1.807, 2.05) is 30.3 Å². The maximum absolute atomic E-state index is 12.6. The number of nitrogens with one attached hydrogen (secondary N) is 1. The Kier molecular flexibility index (Phi) is 3.41. The quantitative estimate of drug-likeness (QED) is 0.743. The Labute approximate surface area is 138 Å². The summed E-state index contributed by atoms with van der Waals surface area (Å²) in [6, 6.07) is 11.2. The molecular formula is C19H16N2O3. The first-order valence-corrected chi connectivity index (χ1v) is 7.88. The Hall–Kier alpha value is -2.95. The van der Waals surface area contributed by atoms with Gasteiger partial charge in [0.15, 0.2) is 11.5 Å². The summed E-state index contributed by atoms with van der Waals surface area (Å²) in [4.78, 5) is 28.5. The number of hydrogen-bond acceptors (Lipinski definition) is 4. The van der Waals surface area contributed by atoms with Crippen LogP contribution in [-0.2, 0) is 4.79 Å². The van der Waals surface area contributed by atoms with Gasteiger partial charge in [0.05, 0.1) is 5.69 Å². The minimum atomic E-state index is -0.207. The summed E-state index contributed by atoms with van der Waals surface area (Å²) in [5, 5.41) is 3.65. The van der Waals surface area contributed by atoms with Crippen molar-refractivity contribution < 1.29 is 14.0 Å². The second kappa shape index (κ2) is 5.60. The first-order chi connectivity index (χ1) is 11.6. The Morgan fingerprint density at radius 3 is 2.79 bits per heavy atom. The van der Waals surface area contributed by atoms with Crippen molar-refractivity contribution in [3.63, 3.8) is 0 Å². The molecule has 3 aromatic rings. The van der Waals surface area contributed by atoms with Crippen LogP contribution in [0.1, 0.15) is 35.4 Å². The van der Waals surface area contributed by atoms with E-state index in [1.54, 1.807) is 18.5 Å². The molecule has 1 saturated carbocycles. The number of carbonyl (C=O) groups excluding carboxylic acids is 2. The van der Waals surface area contributed by atoms with Crippen LogP contribution in [0.5, 0.6) is 0 Å². The summed E-state index contributed by atoms with van der Waals surface area (Å²) in [6.45, 7) is 1.43. The summed E-state index contributed by atoms with van der Waals surface area (Å²) in [5.74, 6) is 0.00227. The largest absolute Gasteiger partial charge is 0.451 e. The third-order valence-corrected chi connectivity index (χ3v) is 4.40. The second-order valence-corrected chi connectivity index (χ2v) is 6.08. The Balaban J connectivity index is 1.60. The van der Waals surface area contributed by atoms with Gasteiger partial charge in [0, 0.05) is 30.6 Å². The molecule has 1 aliphatic carbocycles. The number of aromatic nitrogens is 1. The molecule has 0 aliphatic heterocycles. The molecule has 1 fully saturated rings. The summed E-state index contributed by atoms with van der Waals surface area (Å²) in [6.07, 6.45) is 4.31. The van der Waals surface area contributed by atoms with Gasteiger partial charge in [0.2, 0.25) is 5.91 Å². The van der Waals surface area contributed by atoms with Crippen molar-refractivity contribution in [2.24, 2.45) is 5.92 Å². The fourth-order valence-electron chi connectivity index (χ4n) is 3.08. The average molecular weight is 320 g/mol. The van der Waals surface area contributed by atoms with Crippen LogP contribution in [0.25, 0.3) is 11.0 Å². The van der Waals surface area contributed by atoms with Crippen LogP contribution in [0.3, 0.4) is 0 Å². The van der Waals surface area contributed by atoms with Crippen molar-refractivity contribution in [1.29, 1.82) is 0 Å². The van der Waals surface area contributed by atoms with E-state index in [2.05, 4.69) is 10.3 Å². The lowest BCUT2D eigenvalue weighted by atomic mass is 10.1. The van der Waals surface area contributed by atoms with Crippen LogP contribution in [0.4, 0.5) is 5.69 Å². The second-order valence-electron chi connectivity index (χ2n) is 6.08. The van der Waals surface area contributed by atoms with Crippen molar-refractivity contribution in [1.82, 2.24) is 4.98 Å². The number of Topliss-reactive ketones (excluding diaryl/α,β-unsaturated/α-hetero) is 1. The highest BCUT2D eigenvalue weighted by atomic mass is 16.3. The zero-order valence-electron chi connectivity index (χ0n) is 13.2. The molecule has 2 heterocycles. The van der Waals surface area contributed by atoms with Crippen molar-refractivity contribution in [3.8, 4) is 0 Å². The highest BCUT2D eigenvalue weighted by Crippen LogP contribution is 2.48. The van der Waals surface area contributed by atoms with Gasteiger partial charge >= 0.3 is 0 Å². The number of para-hydroxylation sites is 1. The molecular weight excluding hydrogens is 304 g/mol. The Bertz CT molecular complexity index is 930. The number of rotatable bonds is 4. The molecule has 0 saturated heterocycles. The van der Waals surface area contributed by atoms with Crippen LogP contribution >= 0.6 is 0 Å². The number of amides is 1. The molecule has 0 spiro atoms. The number of anilines is 1. The topological polar surface area (TPSA) is 72.2 Å². The van der Waals surface area contributed by atoms with Crippen molar-refractivity contribution in [3.05, 3.63) is 60.1 Å². The van der Waals surface area contributed by atoms with E-state index in [9.17, 15) is 9.59 Å². The molecule has 2 aromatic heterocycles. The van der Waals surface area contributed by atoms with Crippen LogP contribution in [0, 0.1) is 5.92 Å². The normalized spacial score (nSPS) is 19.2. The molecule has 5 nitrogen and oxygen atoms in total. The molecule has 24 heavy (non-hydrogen) atoms. The van der Waals surface area contributed by atoms with E-state index in [1.165, 1.54) is 6.92 Å². The van der Waals surface area contributed by atoms with E-state index in [0.717, 1.165) is 17.4 Å². The number of ketones is 1. The summed E-state index contributed by atoms with van der Waals surface area (Å²) in [5.41, 5.74) is 2.14. The van der Waals surface area contributed by atoms with Crippen LogP contribution in [0.2, 0.25) is 0 Å². The van der Waals surface area contributed by atoms with Gasteiger partial charge in [-0.2, -0.15) is 0 Å².